The third-order valence-corrected chi connectivity index (χ3v) is 3.55. The highest BCUT2D eigenvalue weighted by atomic mass is 19.4. The van der Waals surface area contributed by atoms with Crippen molar-refractivity contribution < 1.29 is 37.3 Å². The van der Waals surface area contributed by atoms with E-state index >= 15 is 0 Å². The molecule has 2 rings (SSSR count). The summed E-state index contributed by atoms with van der Waals surface area (Å²) in [5, 5.41) is 21.4. The maximum Gasteiger partial charge on any atom is 0.417 e. The van der Waals surface area contributed by atoms with E-state index in [-0.39, 0.29) is 25.8 Å². The predicted molar refractivity (Wildman–Crippen MR) is 70.1 cm³/mol. The minimum atomic E-state index is -4.88. The van der Waals surface area contributed by atoms with Crippen molar-refractivity contribution in [2.75, 3.05) is 19.8 Å². The lowest BCUT2D eigenvalue weighted by molar-refractivity contribution is -0.138. The van der Waals surface area contributed by atoms with Crippen LogP contribution in [0.4, 0.5) is 17.6 Å². The van der Waals surface area contributed by atoms with E-state index in [4.69, 9.17) is 4.74 Å². The van der Waals surface area contributed by atoms with Crippen LogP contribution in [-0.2, 0) is 10.9 Å². The van der Waals surface area contributed by atoms with Crippen LogP contribution < -0.4 is 5.32 Å². The summed E-state index contributed by atoms with van der Waals surface area (Å²) in [5.74, 6) is -2.81. The molecule has 1 aromatic carbocycles. The summed E-state index contributed by atoms with van der Waals surface area (Å²) in [6.45, 7) is -0.193. The second kappa shape index (κ2) is 6.81. The van der Waals surface area contributed by atoms with Gasteiger partial charge in [-0.25, -0.2) is 4.39 Å². The monoisotopic (exact) mass is 337 g/mol. The molecule has 0 radical (unpaired) electrons. The summed E-state index contributed by atoms with van der Waals surface area (Å²) >= 11 is 0. The molecule has 0 bridgehead atoms. The topological polar surface area (TPSA) is 78.8 Å². The van der Waals surface area contributed by atoms with E-state index in [1.165, 1.54) is 0 Å². The molecular formula is C14H15F4NO4. The molecule has 1 fully saturated rings. The molecule has 1 amide bonds. The van der Waals surface area contributed by atoms with Crippen molar-refractivity contribution in [3.05, 3.63) is 35.1 Å². The largest absolute Gasteiger partial charge is 0.417 e. The Balaban J connectivity index is 2.09. The van der Waals surface area contributed by atoms with Gasteiger partial charge in [0, 0.05) is 12.5 Å². The van der Waals surface area contributed by atoms with Crippen LogP contribution in [0.15, 0.2) is 18.2 Å². The van der Waals surface area contributed by atoms with Gasteiger partial charge in [-0.15, -0.1) is 0 Å². The molecular weight excluding hydrogens is 322 g/mol. The van der Waals surface area contributed by atoms with Gasteiger partial charge in [0.25, 0.3) is 5.91 Å². The van der Waals surface area contributed by atoms with Crippen LogP contribution in [0.3, 0.4) is 0 Å². The number of carbonyl (C=O) groups excluding carboxylic acids is 1. The number of carbonyl (C=O) groups is 1. The first-order valence-electron chi connectivity index (χ1n) is 6.79. The van der Waals surface area contributed by atoms with Crippen molar-refractivity contribution >= 4 is 5.91 Å². The van der Waals surface area contributed by atoms with E-state index in [0.29, 0.717) is 0 Å². The highest BCUT2D eigenvalue weighted by Gasteiger charge is 2.36. The summed E-state index contributed by atoms with van der Waals surface area (Å²) in [4.78, 5) is 11.9. The molecule has 23 heavy (non-hydrogen) atoms. The molecule has 3 N–H and O–H groups in total. The lowest BCUT2D eigenvalue weighted by Crippen LogP contribution is -2.48. The standard InChI is InChI=1S/C14H15F4NO4/c15-8-1-2-9(10(3-8)14(16,17)18)13(22)19-4-7-5-23-6-11(20)12(7)21/h1-3,7,11-12,20-21H,4-6H2,(H,19,22)/t7-,11-,12+/m1/s1. The molecule has 0 spiro atoms. The molecule has 1 aliphatic heterocycles. The normalized spacial score (nSPS) is 25.2. The number of ether oxygens (including phenoxy) is 1. The third kappa shape index (κ3) is 4.18. The molecule has 1 aromatic rings. The van der Waals surface area contributed by atoms with E-state index < -0.39 is 47.2 Å². The predicted octanol–water partition coefficient (Wildman–Crippen LogP) is 0.943. The number of alkyl halides is 3. The van der Waals surface area contributed by atoms with Gasteiger partial charge in [0.05, 0.1) is 30.4 Å². The van der Waals surface area contributed by atoms with E-state index in [0.717, 1.165) is 12.1 Å². The Morgan fingerprint density at radius 2 is 2.00 bits per heavy atom. The fraction of sp³-hybridized carbons (Fsp3) is 0.500. The smallest absolute Gasteiger partial charge is 0.390 e. The van der Waals surface area contributed by atoms with Crippen LogP contribution in [0, 0.1) is 11.7 Å². The highest BCUT2D eigenvalue weighted by molar-refractivity contribution is 5.95. The van der Waals surface area contributed by atoms with Crippen molar-refractivity contribution in [3.8, 4) is 0 Å². The molecule has 128 valence electrons. The highest BCUT2D eigenvalue weighted by Crippen LogP contribution is 2.32. The summed E-state index contributed by atoms with van der Waals surface area (Å²) in [6, 6.07) is 1.75. The summed E-state index contributed by atoms with van der Waals surface area (Å²) in [5.41, 5.74) is -2.10. The Hall–Kier alpha value is -1.71. The van der Waals surface area contributed by atoms with Gasteiger partial charge in [-0.1, -0.05) is 0 Å². The quantitative estimate of drug-likeness (QED) is 0.718. The summed E-state index contributed by atoms with van der Waals surface area (Å²) in [6.07, 6.45) is -7.15. The second-order valence-electron chi connectivity index (χ2n) is 5.25. The molecule has 0 aliphatic carbocycles. The lowest BCUT2D eigenvalue weighted by Gasteiger charge is -2.31. The number of benzene rings is 1. The maximum absolute atomic E-state index is 13.0. The maximum atomic E-state index is 13.0. The molecule has 9 heteroatoms. The van der Waals surface area contributed by atoms with Crippen molar-refractivity contribution in [1.82, 2.24) is 5.32 Å². The van der Waals surface area contributed by atoms with Crippen LogP contribution in [-0.4, -0.2) is 48.1 Å². The molecule has 5 nitrogen and oxygen atoms in total. The van der Waals surface area contributed by atoms with Gasteiger partial charge in [-0.3, -0.25) is 4.79 Å². The average Bonchev–Trinajstić information content (AvgIpc) is 2.47. The van der Waals surface area contributed by atoms with Crippen molar-refractivity contribution in [2.24, 2.45) is 5.92 Å². The van der Waals surface area contributed by atoms with E-state index in [1.807, 2.05) is 0 Å². The first kappa shape index (κ1) is 17.6. The number of hydrogen-bond donors (Lipinski definition) is 3. The van der Waals surface area contributed by atoms with E-state index in [1.54, 1.807) is 0 Å². The van der Waals surface area contributed by atoms with Crippen LogP contribution in [0.2, 0.25) is 0 Å². The minimum absolute atomic E-state index is 0.0497. The molecule has 3 atom stereocenters. The number of aliphatic hydroxyl groups is 2. The van der Waals surface area contributed by atoms with Gasteiger partial charge in [-0.2, -0.15) is 13.2 Å². The van der Waals surface area contributed by atoms with Crippen molar-refractivity contribution in [3.63, 3.8) is 0 Å². The zero-order valence-corrected chi connectivity index (χ0v) is 11.8. The summed E-state index contributed by atoms with van der Waals surface area (Å²) < 4.78 is 56.6. The van der Waals surface area contributed by atoms with Gasteiger partial charge < -0.3 is 20.3 Å². The first-order chi connectivity index (χ1) is 10.7. The number of aliphatic hydroxyl groups excluding tert-OH is 2. The van der Waals surface area contributed by atoms with Gasteiger partial charge in [-0.05, 0) is 18.2 Å². The van der Waals surface area contributed by atoms with Crippen LogP contribution in [0.25, 0.3) is 0 Å². The van der Waals surface area contributed by atoms with E-state index in [2.05, 4.69) is 5.32 Å². The van der Waals surface area contributed by atoms with Gasteiger partial charge >= 0.3 is 6.18 Å². The number of halogens is 4. The molecule has 0 unspecified atom stereocenters. The molecule has 1 heterocycles. The van der Waals surface area contributed by atoms with Crippen molar-refractivity contribution in [2.45, 2.75) is 18.4 Å². The first-order valence-corrected chi connectivity index (χ1v) is 6.79. The lowest BCUT2D eigenvalue weighted by atomic mass is 9.96. The zero-order chi connectivity index (χ0) is 17.2. The molecule has 1 aliphatic rings. The average molecular weight is 337 g/mol. The Morgan fingerprint density at radius 1 is 1.30 bits per heavy atom. The number of nitrogens with one attached hydrogen (secondary N) is 1. The summed E-state index contributed by atoms with van der Waals surface area (Å²) in [7, 11) is 0. The van der Waals surface area contributed by atoms with E-state index in [9.17, 15) is 32.6 Å². The number of hydrogen-bond acceptors (Lipinski definition) is 4. The Kier molecular flexibility index (Phi) is 5.23. The Bertz CT molecular complexity index is 578. The number of rotatable bonds is 3. The van der Waals surface area contributed by atoms with Gasteiger partial charge in [0.2, 0.25) is 0 Å². The number of amides is 1. The zero-order valence-electron chi connectivity index (χ0n) is 11.8. The Labute approximate surface area is 128 Å². The molecule has 1 saturated heterocycles. The SMILES string of the molecule is O=C(NC[C@@H]1COC[C@@H](O)[C@H]1O)c1ccc(F)cc1C(F)(F)F. The third-order valence-electron chi connectivity index (χ3n) is 3.55. The molecule has 0 saturated carbocycles. The fourth-order valence-corrected chi connectivity index (χ4v) is 2.30. The van der Waals surface area contributed by atoms with Gasteiger partial charge in [0.1, 0.15) is 11.9 Å². The fourth-order valence-electron chi connectivity index (χ4n) is 2.30. The minimum Gasteiger partial charge on any atom is -0.390 e. The van der Waals surface area contributed by atoms with Crippen molar-refractivity contribution in [1.29, 1.82) is 0 Å². The second-order valence-corrected chi connectivity index (χ2v) is 5.25. The van der Waals surface area contributed by atoms with Crippen LogP contribution in [0.5, 0.6) is 0 Å². The molecule has 0 aromatic heterocycles. The van der Waals surface area contributed by atoms with Gasteiger partial charge in [0.15, 0.2) is 0 Å². The Morgan fingerprint density at radius 3 is 2.65 bits per heavy atom. The van der Waals surface area contributed by atoms with Crippen LogP contribution >= 0.6 is 0 Å². The van der Waals surface area contributed by atoms with Crippen LogP contribution in [0.1, 0.15) is 15.9 Å².